The fourth-order valence-electron chi connectivity index (χ4n) is 6.36. The van der Waals surface area contributed by atoms with Gasteiger partial charge in [-0.25, -0.2) is 9.97 Å². The second kappa shape index (κ2) is 11.3. The van der Waals surface area contributed by atoms with Crippen molar-refractivity contribution in [2.24, 2.45) is 0 Å². The summed E-state index contributed by atoms with van der Waals surface area (Å²) < 4.78 is 6.35. The number of likely N-dealkylation sites (tertiary alicyclic amines) is 1. The third-order valence-corrected chi connectivity index (χ3v) is 8.61. The zero-order valence-electron chi connectivity index (χ0n) is 23.6. The molecule has 2 aromatic heterocycles. The van der Waals surface area contributed by atoms with Crippen LogP contribution in [-0.4, -0.2) is 84.6 Å². The molecular formula is C31H36N8O2. The van der Waals surface area contributed by atoms with Gasteiger partial charge in [0.25, 0.3) is 0 Å². The number of benzene rings is 1. The summed E-state index contributed by atoms with van der Waals surface area (Å²) in [6.45, 7) is 8.81. The summed E-state index contributed by atoms with van der Waals surface area (Å²) in [4.78, 5) is 30.5. The van der Waals surface area contributed by atoms with E-state index in [1.54, 1.807) is 4.90 Å². The van der Waals surface area contributed by atoms with Crippen LogP contribution in [0.5, 0.6) is 5.88 Å². The van der Waals surface area contributed by atoms with Crippen LogP contribution in [0.15, 0.2) is 43.0 Å². The molecule has 0 spiro atoms. The van der Waals surface area contributed by atoms with E-state index in [1.807, 2.05) is 24.3 Å². The van der Waals surface area contributed by atoms with Crippen LogP contribution in [0.4, 0.5) is 17.3 Å². The number of nitriles is 1. The van der Waals surface area contributed by atoms with Crippen molar-refractivity contribution in [3.8, 4) is 11.9 Å². The zero-order valence-corrected chi connectivity index (χ0v) is 23.6. The standard InChI is InChI=1S/C31H36N8O2/c1-3-28(40)37-13-15-38(16-14-37)29-24-10-12-39(30-23-9-5-4-7-21(23)17-27(33)35-30)19-26(24)34-31(25(29)18-32)41-20-22-8-6-11-36(22)2/h3-5,7,9,17,22H,1,6,8,10-16,19-20H2,2H3,(H2,33,35). The molecule has 1 unspecified atom stereocenters. The van der Waals surface area contributed by atoms with E-state index >= 15 is 0 Å². The highest BCUT2D eigenvalue weighted by molar-refractivity contribution is 5.94. The number of aromatic nitrogens is 2. The van der Waals surface area contributed by atoms with E-state index in [0.29, 0.717) is 69.1 Å². The van der Waals surface area contributed by atoms with Gasteiger partial charge in [0.15, 0.2) is 0 Å². The summed E-state index contributed by atoms with van der Waals surface area (Å²) in [5.41, 5.74) is 9.54. The second-order valence-electron chi connectivity index (χ2n) is 11.0. The van der Waals surface area contributed by atoms with Crippen molar-refractivity contribution in [2.75, 3.05) is 68.5 Å². The average molecular weight is 553 g/mol. The van der Waals surface area contributed by atoms with Crippen LogP contribution in [-0.2, 0) is 17.8 Å². The molecule has 41 heavy (non-hydrogen) atoms. The van der Waals surface area contributed by atoms with Crippen molar-refractivity contribution in [2.45, 2.75) is 31.8 Å². The lowest BCUT2D eigenvalue weighted by Crippen LogP contribution is -2.49. The van der Waals surface area contributed by atoms with Crippen molar-refractivity contribution < 1.29 is 9.53 Å². The molecule has 5 heterocycles. The van der Waals surface area contributed by atoms with Crippen molar-refractivity contribution in [3.63, 3.8) is 0 Å². The number of nitrogens with two attached hydrogens (primary N) is 1. The van der Waals surface area contributed by atoms with Crippen molar-refractivity contribution >= 4 is 34.0 Å². The minimum absolute atomic E-state index is 0.0656. The van der Waals surface area contributed by atoms with Crippen LogP contribution in [0.3, 0.4) is 0 Å². The van der Waals surface area contributed by atoms with Crippen LogP contribution in [0.25, 0.3) is 10.8 Å². The summed E-state index contributed by atoms with van der Waals surface area (Å²) >= 11 is 0. The van der Waals surface area contributed by atoms with Crippen LogP contribution < -0.4 is 20.3 Å². The molecule has 212 valence electrons. The fraction of sp³-hybridized carbons (Fsp3) is 0.419. The van der Waals surface area contributed by atoms with Gasteiger partial charge >= 0.3 is 0 Å². The SMILES string of the molecule is C=CC(=O)N1CCN(c2c(C#N)c(OCC3CCCN3C)nc3c2CCN(c2nc(N)cc4ccccc24)C3)CC1. The number of likely N-dealkylation sites (N-methyl/N-ethyl adjacent to an activating group) is 1. The van der Waals surface area contributed by atoms with Crippen LogP contribution in [0.2, 0.25) is 0 Å². The van der Waals surface area contributed by atoms with Gasteiger partial charge in [-0.15, -0.1) is 0 Å². The number of amides is 1. The predicted octanol–water partition coefficient (Wildman–Crippen LogP) is 2.95. The first-order valence-corrected chi connectivity index (χ1v) is 14.3. The van der Waals surface area contributed by atoms with E-state index in [9.17, 15) is 10.1 Å². The lowest BCUT2D eigenvalue weighted by atomic mass is 9.97. The molecule has 3 aromatic rings. The molecule has 10 heteroatoms. The lowest BCUT2D eigenvalue weighted by molar-refractivity contribution is -0.126. The highest BCUT2D eigenvalue weighted by Gasteiger charge is 2.32. The molecule has 10 nitrogen and oxygen atoms in total. The lowest BCUT2D eigenvalue weighted by Gasteiger charge is -2.39. The number of hydrogen-bond donors (Lipinski definition) is 1. The van der Waals surface area contributed by atoms with E-state index in [1.165, 1.54) is 6.08 Å². The molecule has 0 saturated carbocycles. The number of hydrogen-bond acceptors (Lipinski definition) is 9. The monoisotopic (exact) mass is 552 g/mol. The first kappa shape index (κ1) is 26.8. The molecule has 1 atom stereocenters. The number of anilines is 3. The molecule has 1 amide bonds. The molecule has 0 bridgehead atoms. The molecule has 0 radical (unpaired) electrons. The van der Waals surface area contributed by atoms with Crippen molar-refractivity contribution in [1.82, 2.24) is 19.8 Å². The van der Waals surface area contributed by atoms with Crippen molar-refractivity contribution in [3.05, 3.63) is 59.8 Å². The number of carbonyl (C=O) groups is 1. The Hall–Kier alpha value is -4.36. The van der Waals surface area contributed by atoms with E-state index in [4.69, 9.17) is 20.4 Å². The third kappa shape index (κ3) is 5.13. The van der Waals surface area contributed by atoms with Crippen LogP contribution >= 0.6 is 0 Å². The first-order valence-electron chi connectivity index (χ1n) is 14.3. The Morgan fingerprint density at radius 3 is 2.71 bits per heavy atom. The van der Waals surface area contributed by atoms with E-state index < -0.39 is 0 Å². The summed E-state index contributed by atoms with van der Waals surface area (Å²) in [5, 5.41) is 12.5. The smallest absolute Gasteiger partial charge is 0.246 e. The summed E-state index contributed by atoms with van der Waals surface area (Å²) in [7, 11) is 2.11. The Morgan fingerprint density at radius 1 is 1.17 bits per heavy atom. The van der Waals surface area contributed by atoms with Crippen molar-refractivity contribution in [1.29, 1.82) is 5.26 Å². The van der Waals surface area contributed by atoms with E-state index in [0.717, 1.165) is 59.5 Å². The Morgan fingerprint density at radius 2 is 1.98 bits per heavy atom. The molecule has 1 aromatic carbocycles. The maximum Gasteiger partial charge on any atom is 0.246 e. The molecule has 2 N–H and O–H groups in total. The maximum absolute atomic E-state index is 12.2. The third-order valence-electron chi connectivity index (χ3n) is 8.61. The van der Waals surface area contributed by atoms with Gasteiger partial charge in [0.2, 0.25) is 11.8 Å². The molecule has 6 rings (SSSR count). The van der Waals surface area contributed by atoms with E-state index in [2.05, 4.69) is 40.5 Å². The normalized spacial score (nSPS) is 19.2. The first-order chi connectivity index (χ1) is 20.0. The van der Waals surface area contributed by atoms with Crippen LogP contribution in [0, 0.1) is 11.3 Å². The van der Waals surface area contributed by atoms with Gasteiger partial charge in [0.1, 0.15) is 29.9 Å². The Kier molecular flexibility index (Phi) is 7.37. The van der Waals surface area contributed by atoms with Gasteiger partial charge in [0.05, 0.1) is 17.9 Å². The minimum Gasteiger partial charge on any atom is -0.475 e. The van der Waals surface area contributed by atoms with Gasteiger partial charge in [0, 0.05) is 49.7 Å². The predicted molar refractivity (Wildman–Crippen MR) is 160 cm³/mol. The topological polar surface area (TPSA) is 115 Å². The number of fused-ring (bicyclic) bond motifs is 2. The highest BCUT2D eigenvalue weighted by Crippen LogP contribution is 2.39. The molecule has 2 saturated heterocycles. The maximum atomic E-state index is 12.2. The Bertz CT molecular complexity index is 1520. The quantitative estimate of drug-likeness (QED) is 0.461. The number of nitrogens with zero attached hydrogens (tertiary/aromatic N) is 7. The number of carbonyl (C=O) groups excluding carboxylic acids is 1. The molecule has 3 aliphatic rings. The zero-order chi connectivity index (χ0) is 28.5. The number of piperazine rings is 1. The largest absolute Gasteiger partial charge is 0.475 e. The summed E-state index contributed by atoms with van der Waals surface area (Å²) in [5.74, 6) is 1.64. The van der Waals surface area contributed by atoms with Gasteiger partial charge in [-0.1, -0.05) is 30.8 Å². The van der Waals surface area contributed by atoms with Gasteiger partial charge in [-0.05, 0) is 50.4 Å². The number of rotatable bonds is 6. The number of ether oxygens (including phenoxy) is 1. The Labute approximate surface area is 240 Å². The second-order valence-corrected chi connectivity index (χ2v) is 11.0. The fourth-order valence-corrected chi connectivity index (χ4v) is 6.36. The minimum atomic E-state index is -0.0656. The molecule has 0 aliphatic carbocycles. The summed E-state index contributed by atoms with van der Waals surface area (Å²) in [6.07, 6.45) is 4.27. The van der Waals surface area contributed by atoms with Gasteiger partial charge in [-0.3, -0.25) is 4.79 Å². The number of nitrogen functional groups attached to an aromatic ring is 1. The highest BCUT2D eigenvalue weighted by atomic mass is 16.5. The average Bonchev–Trinajstić information content (AvgIpc) is 3.42. The molecule has 2 fully saturated rings. The Balaban J connectivity index is 1.38. The van der Waals surface area contributed by atoms with Crippen LogP contribution in [0.1, 0.15) is 29.7 Å². The van der Waals surface area contributed by atoms with Gasteiger partial charge in [-0.2, -0.15) is 5.26 Å². The molecule has 3 aliphatic heterocycles. The van der Waals surface area contributed by atoms with E-state index in [-0.39, 0.29) is 5.91 Å². The van der Waals surface area contributed by atoms with Gasteiger partial charge < -0.3 is 30.1 Å². The summed E-state index contributed by atoms with van der Waals surface area (Å²) in [6, 6.07) is 12.8. The molecular weight excluding hydrogens is 516 g/mol. The number of pyridine rings is 2.